The number of imidazole rings is 1. The van der Waals surface area contributed by atoms with E-state index in [1.807, 2.05) is 44.6 Å². The van der Waals surface area contributed by atoms with Crippen LogP contribution in [0.3, 0.4) is 0 Å². The Kier molecular flexibility index (Phi) is 14.0. The van der Waals surface area contributed by atoms with Crippen molar-refractivity contribution in [1.29, 1.82) is 0 Å². The van der Waals surface area contributed by atoms with Crippen LogP contribution in [0.2, 0.25) is 0 Å². The van der Waals surface area contributed by atoms with Crippen molar-refractivity contribution in [2.75, 3.05) is 6.61 Å². The fraction of sp³-hybridized carbons (Fsp3) is 0.387. The largest absolute Gasteiger partial charge is 0.493 e. The molecule has 2 aromatic heterocycles. The van der Waals surface area contributed by atoms with Crippen LogP contribution >= 0.6 is 0 Å². The first-order chi connectivity index (χ1) is 18.5. The van der Waals surface area contributed by atoms with Gasteiger partial charge in [0.15, 0.2) is 5.78 Å². The predicted molar refractivity (Wildman–Crippen MR) is 156 cm³/mol. The number of pyridine rings is 1. The lowest BCUT2D eigenvalue weighted by molar-refractivity contribution is 0.0972. The summed E-state index contributed by atoms with van der Waals surface area (Å²) in [5, 5.41) is 0.537. The van der Waals surface area contributed by atoms with E-state index >= 15 is 0 Å². The van der Waals surface area contributed by atoms with E-state index in [4.69, 9.17) is 4.74 Å². The van der Waals surface area contributed by atoms with Crippen molar-refractivity contribution < 1.29 is 13.7 Å². The summed E-state index contributed by atoms with van der Waals surface area (Å²) in [4.78, 5) is 20.8. The molecule has 1 atom stereocenters. The van der Waals surface area contributed by atoms with E-state index in [0.717, 1.165) is 54.6 Å². The molecular weight excluding hydrogens is 494 g/mol. The number of rotatable bonds is 9. The van der Waals surface area contributed by atoms with Crippen molar-refractivity contribution in [2.45, 2.75) is 77.1 Å². The first kappa shape index (κ1) is 30.9. The lowest BCUT2D eigenvalue weighted by Gasteiger charge is -2.21. The summed E-state index contributed by atoms with van der Waals surface area (Å²) in [6.07, 6.45) is 15.3. The monoisotopic (exact) mass is 535 g/mol. The van der Waals surface area contributed by atoms with E-state index in [-0.39, 0.29) is 11.5 Å². The second-order valence-electron chi connectivity index (χ2n) is 8.66. The van der Waals surface area contributed by atoms with Gasteiger partial charge >= 0.3 is 0 Å². The quantitative estimate of drug-likeness (QED) is 0.278. The highest BCUT2D eigenvalue weighted by molar-refractivity contribution is 7.84. The molecule has 3 aromatic rings. The Bertz CT molecular complexity index is 1200. The minimum absolute atomic E-state index is 0.152. The highest BCUT2D eigenvalue weighted by Gasteiger charge is 2.24. The van der Waals surface area contributed by atoms with E-state index in [1.165, 1.54) is 0 Å². The normalized spacial score (nSPS) is 13.0. The third-order valence-corrected chi connectivity index (χ3v) is 7.15. The molecule has 1 aliphatic rings. The molecule has 1 unspecified atom stereocenters. The van der Waals surface area contributed by atoms with Gasteiger partial charge in [0.05, 0.1) is 29.5 Å². The molecule has 4 rings (SSSR count). The molecule has 0 bridgehead atoms. The summed E-state index contributed by atoms with van der Waals surface area (Å²) in [5.41, 5.74) is 3.70. The van der Waals surface area contributed by atoms with Gasteiger partial charge in [-0.05, 0) is 69.9 Å². The van der Waals surface area contributed by atoms with Crippen LogP contribution in [-0.2, 0) is 35.9 Å². The van der Waals surface area contributed by atoms with Crippen LogP contribution in [0.25, 0.3) is 0 Å². The number of carbonyl (C=O) groups is 1. The average molecular weight is 536 g/mol. The molecule has 0 saturated carbocycles. The van der Waals surface area contributed by atoms with Crippen molar-refractivity contribution in [1.82, 2.24) is 14.5 Å². The number of Topliss-reactive ketones (excluding diaryl/α,β-unsaturated/α-hetero) is 1. The highest BCUT2D eigenvalue weighted by atomic mass is 32.2. The van der Waals surface area contributed by atoms with Crippen LogP contribution < -0.4 is 4.74 Å². The molecule has 0 radical (unpaired) electrons. The Hall–Kier alpha value is -3.32. The van der Waals surface area contributed by atoms with Crippen LogP contribution in [0.4, 0.5) is 0 Å². The maximum absolute atomic E-state index is 13.0. The Balaban J connectivity index is 0.000000559. The molecule has 2 heterocycles. The second-order valence-corrected chi connectivity index (χ2v) is 10.1. The highest BCUT2D eigenvalue weighted by Crippen LogP contribution is 2.33. The minimum Gasteiger partial charge on any atom is -0.493 e. The van der Waals surface area contributed by atoms with Gasteiger partial charge in [-0.3, -0.25) is 9.00 Å². The van der Waals surface area contributed by atoms with Gasteiger partial charge in [-0.2, -0.15) is 0 Å². The van der Waals surface area contributed by atoms with Crippen LogP contribution in [0.15, 0.2) is 78.9 Å². The fourth-order valence-corrected chi connectivity index (χ4v) is 5.24. The molecular formula is C31H41N3O3S. The summed E-state index contributed by atoms with van der Waals surface area (Å²) in [5.74, 6) is 1.14. The van der Waals surface area contributed by atoms with Crippen molar-refractivity contribution in [3.05, 3.63) is 96.2 Å². The Morgan fingerprint density at radius 1 is 1.16 bits per heavy atom. The SMILES string of the molecule is C/C=C\CC.C=CC.CCn1cncc1CCOc1ccc2c(c1CS(=O)c1ccccn1)CCCC2=O. The number of nitrogens with zero attached hydrogens (tertiary/aromatic N) is 3. The van der Waals surface area contributed by atoms with Gasteiger partial charge in [0, 0.05) is 48.6 Å². The molecule has 1 aliphatic carbocycles. The Labute approximate surface area is 230 Å². The van der Waals surface area contributed by atoms with Gasteiger partial charge in [-0.25, -0.2) is 9.97 Å². The smallest absolute Gasteiger partial charge is 0.163 e. The van der Waals surface area contributed by atoms with Crippen LogP contribution in [0.5, 0.6) is 5.75 Å². The summed E-state index contributed by atoms with van der Waals surface area (Å²) in [6, 6.07) is 9.11. The first-order valence-electron chi connectivity index (χ1n) is 13.3. The van der Waals surface area contributed by atoms with Crippen molar-refractivity contribution in [3.8, 4) is 5.75 Å². The summed E-state index contributed by atoms with van der Waals surface area (Å²) < 4.78 is 21.2. The zero-order valence-corrected chi connectivity index (χ0v) is 24.0. The molecule has 38 heavy (non-hydrogen) atoms. The number of hydrogen-bond donors (Lipinski definition) is 0. The van der Waals surface area contributed by atoms with E-state index in [9.17, 15) is 9.00 Å². The molecule has 0 saturated heterocycles. The van der Waals surface area contributed by atoms with Gasteiger partial charge in [-0.1, -0.05) is 31.2 Å². The minimum atomic E-state index is -1.31. The summed E-state index contributed by atoms with van der Waals surface area (Å²) >= 11 is 0. The van der Waals surface area contributed by atoms with Gasteiger partial charge < -0.3 is 9.30 Å². The van der Waals surface area contributed by atoms with Crippen molar-refractivity contribution >= 4 is 16.6 Å². The number of hydrogen-bond acceptors (Lipinski definition) is 5. The molecule has 1 aromatic carbocycles. The zero-order chi connectivity index (χ0) is 27.8. The molecule has 6 nitrogen and oxygen atoms in total. The number of carbonyl (C=O) groups excluding carboxylic acids is 1. The Morgan fingerprint density at radius 3 is 2.58 bits per heavy atom. The standard InChI is InChI=1S/C23H25N3O3S.C5H10.C3H6/c1-2-26-16-24-14-17(26)11-13-29-22-10-9-19-18(6-5-7-21(19)27)20(22)15-30(28)23-8-3-4-12-25-23;1-3-5-4-2;1-3-2/h3-4,8-10,12,14,16H,2,5-7,11,13,15H2,1H3;3,5H,4H2,1-2H3;3H,1H2,2H3/b;5-3-;. The zero-order valence-electron chi connectivity index (χ0n) is 23.2. The number of fused-ring (bicyclic) bond motifs is 1. The summed E-state index contributed by atoms with van der Waals surface area (Å²) in [7, 11) is -1.31. The molecule has 204 valence electrons. The number of allylic oxidation sites excluding steroid dienone is 3. The number of aryl methyl sites for hydroxylation is 1. The number of benzene rings is 1. The molecule has 0 fully saturated rings. The fourth-order valence-electron chi connectivity index (χ4n) is 4.10. The van der Waals surface area contributed by atoms with E-state index < -0.39 is 10.8 Å². The molecule has 0 N–H and O–H groups in total. The maximum atomic E-state index is 13.0. The number of ketones is 1. The second kappa shape index (κ2) is 17.2. The van der Waals surface area contributed by atoms with E-state index in [1.54, 1.807) is 24.4 Å². The third-order valence-electron chi connectivity index (χ3n) is 5.89. The van der Waals surface area contributed by atoms with Crippen molar-refractivity contribution in [2.24, 2.45) is 0 Å². The molecule has 7 heteroatoms. The predicted octanol–water partition coefficient (Wildman–Crippen LogP) is 6.91. The molecule has 0 aliphatic heterocycles. The summed E-state index contributed by atoms with van der Waals surface area (Å²) in [6.45, 7) is 12.8. The van der Waals surface area contributed by atoms with Crippen LogP contribution in [-0.4, -0.2) is 31.1 Å². The lowest BCUT2D eigenvalue weighted by Crippen LogP contribution is -2.16. The van der Waals surface area contributed by atoms with Crippen molar-refractivity contribution in [3.63, 3.8) is 0 Å². The van der Waals surface area contributed by atoms with E-state index in [0.29, 0.717) is 23.8 Å². The maximum Gasteiger partial charge on any atom is 0.163 e. The van der Waals surface area contributed by atoms with Crippen LogP contribution in [0.1, 0.15) is 74.1 Å². The van der Waals surface area contributed by atoms with Gasteiger partial charge in [0.25, 0.3) is 0 Å². The molecule has 0 amide bonds. The Morgan fingerprint density at radius 2 is 1.95 bits per heavy atom. The topological polar surface area (TPSA) is 74.1 Å². The molecule has 0 spiro atoms. The lowest BCUT2D eigenvalue weighted by atomic mass is 9.87. The third kappa shape index (κ3) is 9.21. The van der Waals surface area contributed by atoms with Gasteiger partial charge in [0.1, 0.15) is 10.8 Å². The average Bonchev–Trinajstić information content (AvgIpc) is 3.39. The first-order valence-corrected chi connectivity index (χ1v) is 14.6. The van der Waals surface area contributed by atoms with Gasteiger partial charge in [-0.15, -0.1) is 6.58 Å². The van der Waals surface area contributed by atoms with E-state index in [2.05, 4.69) is 47.1 Å². The number of ether oxygens (including phenoxy) is 1. The number of aromatic nitrogens is 3. The van der Waals surface area contributed by atoms with Gasteiger partial charge in [0.2, 0.25) is 0 Å². The van der Waals surface area contributed by atoms with Crippen LogP contribution in [0, 0.1) is 0 Å².